The molecule has 0 amide bonds. The molecule has 10 heteroatoms. The van der Waals surface area contributed by atoms with Gasteiger partial charge >= 0.3 is 6.18 Å². The van der Waals surface area contributed by atoms with Gasteiger partial charge in [-0.05, 0) is 17.0 Å². The highest BCUT2D eigenvalue weighted by atomic mass is 32.2. The molecular formula is C9H13F3N2O3S2. The van der Waals surface area contributed by atoms with Crippen molar-refractivity contribution in [2.24, 2.45) is 5.73 Å². The third-order valence-corrected chi connectivity index (χ3v) is 4.88. The van der Waals surface area contributed by atoms with Gasteiger partial charge in [0, 0.05) is 13.1 Å². The molecule has 0 atom stereocenters. The summed E-state index contributed by atoms with van der Waals surface area (Å²) in [6.45, 7) is -1.76. The molecule has 0 aliphatic rings. The lowest BCUT2D eigenvalue weighted by molar-refractivity contribution is -0.173. The fourth-order valence-corrected chi connectivity index (χ4v) is 3.39. The molecule has 0 bridgehead atoms. The summed E-state index contributed by atoms with van der Waals surface area (Å²) >= 11 is 0.998. The minimum atomic E-state index is -4.41. The second-order valence-electron chi connectivity index (χ2n) is 3.54. The van der Waals surface area contributed by atoms with Crippen LogP contribution in [-0.2, 0) is 21.3 Å². The van der Waals surface area contributed by atoms with Gasteiger partial charge in [0.25, 0.3) is 0 Å². The Balaban J connectivity index is 2.39. The first-order valence-corrected chi connectivity index (χ1v) is 7.52. The first kappa shape index (κ1) is 16.4. The van der Waals surface area contributed by atoms with Crippen LogP contribution in [0, 0.1) is 0 Å². The van der Waals surface area contributed by atoms with E-state index >= 15 is 0 Å². The smallest absolute Gasteiger partial charge is 0.371 e. The second kappa shape index (κ2) is 6.66. The van der Waals surface area contributed by atoms with Gasteiger partial charge in [-0.2, -0.15) is 13.2 Å². The summed E-state index contributed by atoms with van der Waals surface area (Å²) in [6.07, 6.45) is -4.41. The predicted molar refractivity (Wildman–Crippen MR) is 64.3 cm³/mol. The minimum Gasteiger partial charge on any atom is -0.371 e. The van der Waals surface area contributed by atoms with Crippen LogP contribution in [0.2, 0.25) is 0 Å². The molecule has 0 radical (unpaired) electrons. The van der Waals surface area contributed by atoms with E-state index in [4.69, 9.17) is 5.73 Å². The van der Waals surface area contributed by atoms with Crippen molar-refractivity contribution in [3.63, 3.8) is 0 Å². The fourth-order valence-electron chi connectivity index (χ4n) is 1.11. The molecule has 110 valence electrons. The molecule has 0 aliphatic carbocycles. The minimum absolute atomic E-state index is 0.0729. The van der Waals surface area contributed by atoms with Crippen molar-refractivity contribution >= 4 is 21.4 Å². The van der Waals surface area contributed by atoms with Crippen LogP contribution in [0.15, 0.2) is 15.7 Å². The van der Waals surface area contributed by atoms with Crippen molar-refractivity contribution in [2.75, 3.05) is 19.8 Å². The highest BCUT2D eigenvalue weighted by Gasteiger charge is 2.27. The van der Waals surface area contributed by atoms with Gasteiger partial charge in [0.05, 0.1) is 6.61 Å². The number of nitrogens with one attached hydrogen (secondary N) is 1. The Hall–Kier alpha value is -0.680. The number of ether oxygens (including phenoxy) is 1. The number of thiophene rings is 1. The van der Waals surface area contributed by atoms with Gasteiger partial charge in [-0.15, -0.1) is 11.3 Å². The van der Waals surface area contributed by atoms with Gasteiger partial charge in [0.15, 0.2) is 0 Å². The van der Waals surface area contributed by atoms with E-state index in [1.165, 1.54) is 6.07 Å². The maximum Gasteiger partial charge on any atom is 0.411 e. The summed E-state index contributed by atoms with van der Waals surface area (Å²) < 4.78 is 65.2. The Morgan fingerprint density at radius 2 is 2.11 bits per heavy atom. The number of hydrogen-bond donors (Lipinski definition) is 2. The zero-order chi connectivity index (χ0) is 14.5. The molecule has 1 rings (SSSR count). The van der Waals surface area contributed by atoms with Crippen LogP contribution in [-0.4, -0.2) is 34.4 Å². The van der Waals surface area contributed by atoms with E-state index in [-0.39, 0.29) is 23.9 Å². The van der Waals surface area contributed by atoms with Crippen LogP contribution in [0.25, 0.3) is 0 Å². The normalized spacial score (nSPS) is 12.8. The summed E-state index contributed by atoms with van der Waals surface area (Å²) in [4.78, 5) is 0. The Bertz CT molecular complexity index is 499. The molecule has 0 saturated carbocycles. The Kier molecular flexibility index (Phi) is 5.74. The Morgan fingerprint density at radius 1 is 1.42 bits per heavy atom. The van der Waals surface area contributed by atoms with E-state index in [1.54, 1.807) is 5.38 Å². The number of hydrogen-bond acceptors (Lipinski definition) is 5. The molecule has 5 nitrogen and oxygen atoms in total. The van der Waals surface area contributed by atoms with Crippen molar-refractivity contribution in [2.45, 2.75) is 16.9 Å². The lowest BCUT2D eigenvalue weighted by Crippen LogP contribution is -2.28. The van der Waals surface area contributed by atoms with Crippen LogP contribution < -0.4 is 10.5 Å². The number of alkyl halides is 3. The first-order valence-electron chi connectivity index (χ1n) is 5.16. The molecule has 0 spiro atoms. The molecule has 0 unspecified atom stereocenters. The number of sulfonamides is 1. The highest BCUT2D eigenvalue weighted by Crippen LogP contribution is 2.19. The van der Waals surface area contributed by atoms with Crippen molar-refractivity contribution in [3.05, 3.63) is 17.0 Å². The SMILES string of the molecule is NCc1csc(S(=O)(=O)NCCOCC(F)(F)F)c1. The van der Waals surface area contributed by atoms with Crippen LogP contribution in [0.3, 0.4) is 0 Å². The van der Waals surface area contributed by atoms with E-state index < -0.39 is 22.8 Å². The molecule has 1 aromatic rings. The maximum absolute atomic E-state index is 11.7. The zero-order valence-corrected chi connectivity index (χ0v) is 11.4. The van der Waals surface area contributed by atoms with Gasteiger partial charge in [0.2, 0.25) is 10.0 Å². The summed E-state index contributed by atoms with van der Waals surface area (Å²) in [5.74, 6) is 0. The lowest BCUT2D eigenvalue weighted by atomic mass is 10.4. The standard InChI is InChI=1S/C9H13F3N2O3S2/c10-9(11,12)6-17-2-1-14-19(15,16)8-3-7(4-13)5-18-8/h3,5,14H,1-2,4,6,13H2. The van der Waals surface area contributed by atoms with Gasteiger partial charge in [-0.25, -0.2) is 13.1 Å². The van der Waals surface area contributed by atoms with Crippen LogP contribution in [0.4, 0.5) is 13.2 Å². The van der Waals surface area contributed by atoms with E-state index in [2.05, 4.69) is 9.46 Å². The summed E-state index contributed by atoms with van der Waals surface area (Å²) in [6, 6.07) is 1.42. The molecular weight excluding hydrogens is 305 g/mol. The maximum atomic E-state index is 11.7. The largest absolute Gasteiger partial charge is 0.411 e. The highest BCUT2D eigenvalue weighted by molar-refractivity contribution is 7.91. The average molecular weight is 318 g/mol. The fraction of sp³-hybridized carbons (Fsp3) is 0.556. The topological polar surface area (TPSA) is 81.4 Å². The Morgan fingerprint density at radius 3 is 2.63 bits per heavy atom. The molecule has 0 aromatic carbocycles. The summed E-state index contributed by atoms with van der Waals surface area (Å²) in [5.41, 5.74) is 6.03. The van der Waals surface area contributed by atoms with Crippen LogP contribution in [0.1, 0.15) is 5.56 Å². The van der Waals surface area contributed by atoms with Crippen molar-refractivity contribution < 1.29 is 26.3 Å². The third-order valence-electron chi connectivity index (χ3n) is 1.93. The summed E-state index contributed by atoms with van der Waals surface area (Å²) in [7, 11) is -3.71. The molecule has 0 aliphatic heterocycles. The van der Waals surface area contributed by atoms with Crippen molar-refractivity contribution in [1.82, 2.24) is 4.72 Å². The van der Waals surface area contributed by atoms with Gasteiger partial charge in [0.1, 0.15) is 10.8 Å². The molecule has 0 saturated heterocycles. The number of nitrogens with two attached hydrogens (primary N) is 1. The van der Waals surface area contributed by atoms with E-state index in [0.29, 0.717) is 5.56 Å². The first-order chi connectivity index (χ1) is 8.74. The van der Waals surface area contributed by atoms with Gasteiger partial charge < -0.3 is 10.5 Å². The quantitative estimate of drug-likeness (QED) is 0.737. The predicted octanol–water partition coefficient (Wildman–Crippen LogP) is 1.06. The molecule has 3 N–H and O–H groups in total. The van der Waals surface area contributed by atoms with Crippen LogP contribution in [0.5, 0.6) is 0 Å². The molecule has 1 aromatic heterocycles. The monoisotopic (exact) mass is 318 g/mol. The van der Waals surface area contributed by atoms with E-state index in [9.17, 15) is 21.6 Å². The molecule has 19 heavy (non-hydrogen) atoms. The third kappa shape index (κ3) is 5.87. The molecule has 0 fully saturated rings. The Labute approximate surface area is 112 Å². The number of rotatable bonds is 7. The number of halogens is 3. The van der Waals surface area contributed by atoms with Crippen LogP contribution >= 0.6 is 11.3 Å². The zero-order valence-electron chi connectivity index (χ0n) is 9.74. The van der Waals surface area contributed by atoms with Gasteiger partial charge in [-0.1, -0.05) is 0 Å². The van der Waals surface area contributed by atoms with Crippen molar-refractivity contribution in [3.8, 4) is 0 Å². The van der Waals surface area contributed by atoms with E-state index in [1.807, 2.05) is 0 Å². The lowest BCUT2D eigenvalue weighted by Gasteiger charge is -2.08. The van der Waals surface area contributed by atoms with Crippen molar-refractivity contribution in [1.29, 1.82) is 0 Å². The summed E-state index contributed by atoms with van der Waals surface area (Å²) in [5, 5.41) is 1.61. The average Bonchev–Trinajstić information content (AvgIpc) is 2.76. The van der Waals surface area contributed by atoms with E-state index in [0.717, 1.165) is 11.3 Å². The second-order valence-corrected chi connectivity index (χ2v) is 6.45. The van der Waals surface area contributed by atoms with Gasteiger partial charge in [-0.3, -0.25) is 0 Å². The molecule has 1 heterocycles.